The summed E-state index contributed by atoms with van der Waals surface area (Å²) in [6, 6.07) is 6.02. The maximum Gasteiger partial charge on any atom is 0.313 e. The van der Waals surface area contributed by atoms with Gasteiger partial charge in [0.05, 0.1) is 11.4 Å². The molecule has 0 unspecified atom stereocenters. The largest absolute Gasteiger partial charge is 0.481 e. The molecule has 1 aromatic carbocycles. The number of thioether (sulfide) groups is 1. The molecule has 0 aliphatic carbocycles. The van der Waals surface area contributed by atoms with Gasteiger partial charge in [0, 0.05) is 10.4 Å². The van der Waals surface area contributed by atoms with Crippen molar-refractivity contribution in [2.24, 2.45) is 0 Å². The van der Waals surface area contributed by atoms with Crippen molar-refractivity contribution in [1.29, 1.82) is 0 Å². The monoisotopic (exact) mass is 369 g/mol. The number of nitrogens with zero attached hydrogens (tertiary/aromatic N) is 3. The Hall–Kier alpha value is -1.34. The summed E-state index contributed by atoms with van der Waals surface area (Å²) in [5.74, 6) is 0.0851. The SMILES string of the molecule is Cc1ccc(Br)c(-n2c(SCC(=O)O)nnc2C(C)C)c1. The zero-order valence-electron chi connectivity index (χ0n) is 12.0. The Balaban J connectivity index is 2.55. The Labute approximate surface area is 135 Å². The molecule has 0 bridgehead atoms. The minimum absolute atomic E-state index is 0.0420. The Morgan fingerprint density at radius 2 is 2.14 bits per heavy atom. The molecule has 112 valence electrons. The lowest BCUT2D eigenvalue weighted by atomic mass is 10.2. The first-order valence-electron chi connectivity index (χ1n) is 6.46. The molecule has 0 spiro atoms. The van der Waals surface area contributed by atoms with Crippen LogP contribution in [0.5, 0.6) is 0 Å². The number of hydrogen-bond acceptors (Lipinski definition) is 4. The molecule has 2 aromatic rings. The third-order valence-electron chi connectivity index (χ3n) is 2.84. The van der Waals surface area contributed by atoms with Gasteiger partial charge in [-0.1, -0.05) is 31.7 Å². The first-order valence-corrected chi connectivity index (χ1v) is 8.24. The Kier molecular flexibility index (Phi) is 5.05. The van der Waals surface area contributed by atoms with E-state index in [2.05, 4.69) is 26.1 Å². The molecule has 1 N–H and O–H groups in total. The number of aromatic nitrogens is 3. The number of carbonyl (C=O) groups is 1. The topological polar surface area (TPSA) is 68.0 Å². The van der Waals surface area contributed by atoms with Gasteiger partial charge in [0.15, 0.2) is 5.16 Å². The third kappa shape index (κ3) is 3.65. The summed E-state index contributed by atoms with van der Waals surface area (Å²) in [6.07, 6.45) is 0. The highest BCUT2D eigenvalue weighted by atomic mass is 79.9. The lowest BCUT2D eigenvalue weighted by Gasteiger charge is -2.14. The van der Waals surface area contributed by atoms with Gasteiger partial charge in [-0.25, -0.2) is 0 Å². The third-order valence-corrected chi connectivity index (χ3v) is 4.43. The molecule has 0 amide bonds. The van der Waals surface area contributed by atoms with Gasteiger partial charge < -0.3 is 5.11 Å². The maximum absolute atomic E-state index is 10.8. The number of aryl methyl sites for hydroxylation is 1. The Morgan fingerprint density at radius 1 is 1.43 bits per heavy atom. The molecule has 0 fully saturated rings. The number of benzene rings is 1. The predicted molar refractivity (Wildman–Crippen MR) is 86.2 cm³/mol. The first kappa shape index (κ1) is 16.0. The van der Waals surface area contributed by atoms with E-state index in [-0.39, 0.29) is 11.7 Å². The second-order valence-electron chi connectivity index (χ2n) is 4.97. The molecule has 1 heterocycles. The van der Waals surface area contributed by atoms with Crippen LogP contribution in [0.2, 0.25) is 0 Å². The van der Waals surface area contributed by atoms with Gasteiger partial charge in [-0.3, -0.25) is 9.36 Å². The van der Waals surface area contributed by atoms with Gasteiger partial charge in [0.25, 0.3) is 0 Å². The maximum atomic E-state index is 10.8. The molecule has 0 aliphatic rings. The smallest absolute Gasteiger partial charge is 0.313 e. The molecule has 5 nitrogen and oxygen atoms in total. The Bertz CT molecular complexity index is 670. The van der Waals surface area contributed by atoms with Crippen LogP contribution in [0.3, 0.4) is 0 Å². The van der Waals surface area contributed by atoms with Crippen molar-refractivity contribution >= 4 is 33.7 Å². The molecule has 21 heavy (non-hydrogen) atoms. The van der Waals surface area contributed by atoms with E-state index in [0.29, 0.717) is 5.16 Å². The molecular formula is C14H16BrN3O2S. The van der Waals surface area contributed by atoms with Gasteiger partial charge in [-0.05, 0) is 40.5 Å². The van der Waals surface area contributed by atoms with Crippen molar-refractivity contribution in [1.82, 2.24) is 14.8 Å². The molecule has 2 rings (SSSR count). The molecule has 1 aromatic heterocycles. The van der Waals surface area contributed by atoms with Crippen LogP contribution in [0.4, 0.5) is 0 Å². The van der Waals surface area contributed by atoms with Crippen molar-refractivity contribution in [3.8, 4) is 5.69 Å². The number of rotatable bonds is 5. The lowest BCUT2D eigenvalue weighted by Crippen LogP contribution is -2.07. The second kappa shape index (κ2) is 6.62. The van der Waals surface area contributed by atoms with E-state index in [4.69, 9.17) is 5.11 Å². The summed E-state index contributed by atoms with van der Waals surface area (Å²) in [5, 5.41) is 17.8. The van der Waals surface area contributed by atoms with Crippen LogP contribution in [-0.2, 0) is 4.79 Å². The minimum atomic E-state index is -0.871. The van der Waals surface area contributed by atoms with Crippen LogP contribution < -0.4 is 0 Å². The van der Waals surface area contributed by atoms with Gasteiger partial charge in [0.1, 0.15) is 5.82 Å². The van der Waals surface area contributed by atoms with Crippen LogP contribution in [-0.4, -0.2) is 31.6 Å². The number of halogens is 1. The average Bonchev–Trinajstić information content (AvgIpc) is 2.83. The van der Waals surface area contributed by atoms with E-state index in [1.54, 1.807) is 0 Å². The van der Waals surface area contributed by atoms with E-state index in [1.807, 2.05) is 43.5 Å². The fourth-order valence-electron chi connectivity index (χ4n) is 1.90. The number of aliphatic carboxylic acids is 1. The number of carboxylic acids is 1. The summed E-state index contributed by atoms with van der Waals surface area (Å²) in [6.45, 7) is 6.09. The van der Waals surface area contributed by atoms with Crippen molar-refractivity contribution in [2.45, 2.75) is 31.8 Å². The van der Waals surface area contributed by atoms with E-state index < -0.39 is 5.97 Å². The van der Waals surface area contributed by atoms with Gasteiger partial charge in [0.2, 0.25) is 0 Å². The van der Waals surface area contributed by atoms with Crippen LogP contribution in [0.15, 0.2) is 27.8 Å². The zero-order chi connectivity index (χ0) is 15.6. The molecule has 0 saturated carbocycles. The van der Waals surface area contributed by atoms with E-state index in [9.17, 15) is 4.79 Å². The molecule has 0 saturated heterocycles. The molecule has 0 radical (unpaired) electrons. The van der Waals surface area contributed by atoms with Gasteiger partial charge in [-0.2, -0.15) is 0 Å². The summed E-state index contributed by atoms with van der Waals surface area (Å²) >= 11 is 4.72. The first-order chi connectivity index (χ1) is 9.90. The highest BCUT2D eigenvalue weighted by Crippen LogP contribution is 2.30. The summed E-state index contributed by atoms with van der Waals surface area (Å²) in [4.78, 5) is 10.8. The van der Waals surface area contributed by atoms with Gasteiger partial charge in [-0.15, -0.1) is 10.2 Å². The highest BCUT2D eigenvalue weighted by molar-refractivity contribution is 9.10. The normalized spacial score (nSPS) is 11.1. The standard InChI is InChI=1S/C14H16BrN3O2S/c1-8(2)13-16-17-14(21-7-12(19)20)18(13)11-6-9(3)4-5-10(11)15/h4-6,8H,7H2,1-3H3,(H,19,20). The fraction of sp³-hybridized carbons (Fsp3) is 0.357. The zero-order valence-corrected chi connectivity index (χ0v) is 14.4. The van der Waals surface area contributed by atoms with Gasteiger partial charge >= 0.3 is 5.97 Å². The van der Waals surface area contributed by atoms with Crippen molar-refractivity contribution < 1.29 is 9.90 Å². The van der Waals surface area contributed by atoms with Crippen LogP contribution in [0.1, 0.15) is 31.2 Å². The van der Waals surface area contributed by atoms with Crippen LogP contribution in [0, 0.1) is 6.92 Å². The number of carboxylic acid groups (broad SMARTS) is 1. The highest BCUT2D eigenvalue weighted by Gasteiger charge is 2.19. The average molecular weight is 370 g/mol. The summed E-state index contributed by atoms with van der Waals surface area (Å²) in [5.41, 5.74) is 2.04. The predicted octanol–water partition coefficient (Wildman–Crippen LogP) is 3.64. The van der Waals surface area contributed by atoms with Crippen molar-refractivity contribution in [3.05, 3.63) is 34.1 Å². The molecule has 7 heteroatoms. The Morgan fingerprint density at radius 3 is 2.76 bits per heavy atom. The second-order valence-corrected chi connectivity index (χ2v) is 6.76. The van der Waals surface area contributed by atoms with E-state index in [1.165, 1.54) is 11.8 Å². The molecule has 0 atom stereocenters. The molecular weight excluding hydrogens is 354 g/mol. The summed E-state index contributed by atoms with van der Waals surface area (Å²) in [7, 11) is 0. The van der Waals surface area contributed by atoms with E-state index >= 15 is 0 Å². The lowest BCUT2D eigenvalue weighted by molar-refractivity contribution is -0.133. The fourth-order valence-corrected chi connectivity index (χ4v) is 2.99. The van der Waals surface area contributed by atoms with Crippen molar-refractivity contribution in [3.63, 3.8) is 0 Å². The minimum Gasteiger partial charge on any atom is -0.481 e. The van der Waals surface area contributed by atoms with E-state index in [0.717, 1.165) is 21.5 Å². The number of hydrogen-bond donors (Lipinski definition) is 1. The van der Waals surface area contributed by atoms with Crippen LogP contribution in [0.25, 0.3) is 5.69 Å². The van der Waals surface area contributed by atoms with Crippen molar-refractivity contribution in [2.75, 3.05) is 5.75 Å². The van der Waals surface area contributed by atoms with Crippen LogP contribution >= 0.6 is 27.7 Å². The summed E-state index contributed by atoms with van der Waals surface area (Å²) < 4.78 is 2.85. The molecule has 0 aliphatic heterocycles. The quantitative estimate of drug-likeness (QED) is 0.814.